The van der Waals surface area contributed by atoms with Gasteiger partial charge in [0.1, 0.15) is 0 Å². The summed E-state index contributed by atoms with van der Waals surface area (Å²) in [6.07, 6.45) is 0. The Morgan fingerprint density at radius 3 is 1.42 bits per heavy atom. The topological polar surface area (TPSA) is 0 Å². The molecule has 1 heteroatoms. The molecule has 1 heterocycles. The normalized spacial score (nSPS) is 11.6. The van der Waals surface area contributed by atoms with Crippen LogP contribution in [0.3, 0.4) is 0 Å². The lowest BCUT2D eigenvalue weighted by molar-refractivity contribution is 1.61. The molecule has 0 aliphatic carbocycles. The lowest BCUT2D eigenvalue weighted by Gasteiger charge is -2.18. The van der Waals surface area contributed by atoms with Gasteiger partial charge in [-0.15, -0.1) is 11.3 Å². The molecular weight excluding hydrogens is 561 g/mol. The molecule has 0 unspecified atom stereocenters. The lowest BCUT2D eigenvalue weighted by Crippen LogP contribution is -1.91. The summed E-state index contributed by atoms with van der Waals surface area (Å²) in [4.78, 5) is 0. The molecule has 0 nitrogen and oxygen atoms in total. The zero-order valence-corrected chi connectivity index (χ0v) is 25.4. The van der Waals surface area contributed by atoms with Gasteiger partial charge in [-0.3, -0.25) is 0 Å². The van der Waals surface area contributed by atoms with Crippen LogP contribution in [0.5, 0.6) is 0 Å². The number of hydrogen-bond donors (Lipinski definition) is 0. The van der Waals surface area contributed by atoms with E-state index >= 15 is 0 Å². The Kier molecular flexibility index (Phi) is 6.11. The molecule has 9 aromatic rings. The van der Waals surface area contributed by atoms with Crippen molar-refractivity contribution in [1.82, 2.24) is 0 Å². The molecular formula is C44H28S. The van der Waals surface area contributed by atoms with E-state index in [4.69, 9.17) is 0 Å². The van der Waals surface area contributed by atoms with Crippen molar-refractivity contribution in [2.45, 2.75) is 0 Å². The fourth-order valence-corrected chi connectivity index (χ4v) is 8.26. The van der Waals surface area contributed by atoms with E-state index in [0.717, 1.165) is 0 Å². The maximum absolute atomic E-state index is 2.44. The quantitative estimate of drug-likeness (QED) is 0.179. The average Bonchev–Trinajstić information content (AvgIpc) is 3.49. The van der Waals surface area contributed by atoms with Crippen LogP contribution in [0.15, 0.2) is 170 Å². The van der Waals surface area contributed by atoms with Gasteiger partial charge in [-0.05, 0) is 84.8 Å². The predicted molar refractivity (Wildman–Crippen MR) is 196 cm³/mol. The standard InChI is InChI=1S/C44H28S/c1-3-14-29(15-4-1)31-18-13-19-32(26-31)39-27-33(28-40-34-20-11-12-25-41(34)45-44(39)40)43-37-23-9-7-21-35(37)42(30-16-5-2-6-17-30)36-22-8-10-24-38(36)43/h1-28H. The summed E-state index contributed by atoms with van der Waals surface area (Å²) in [6.45, 7) is 0. The molecule has 0 aliphatic heterocycles. The Morgan fingerprint density at radius 1 is 0.289 bits per heavy atom. The van der Waals surface area contributed by atoms with Crippen molar-refractivity contribution in [3.63, 3.8) is 0 Å². The highest BCUT2D eigenvalue weighted by Crippen LogP contribution is 2.48. The van der Waals surface area contributed by atoms with Crippen LogP contribution in [-0.4, -0.2) is 0 Å². The first kappa shape index (κ1) is 25.9. The van der Waals surface area contributed by atoms with Gasteiger partial charge in [-0.25, -0.2) is 0 Å². The minimum Gasteiger partial charge on any atom is -0.135 e. The third-order valence-corrected chi connectivity index (χ3v) is 10.3. The van der Waals surface area contributed by atoms with Gasteiger partial charge in [-0.2, -0.15) is 0 Å². The van der Waals surface area contributed by atoms with Crippen molar-refractivity contribution in [2.75, 3.05) is 0 Å². The van der Waals surface area contributed by atoms with Crippen LogP contribution in [0.25, 0.3) is 86.2 Å². The van der Waals surface area contributed by atoms with Crippen LogP contribution < -0.4 is 0 Å². The first-order chi connectivity index (χ1) is 22.3. The molecule has 0 N–H and O–H groups in total. The second kappa shape index (κ2) is 10.6. The summed E-state index contributed by atoms with van der Waals surface area (Å²) in [5.41, 5.74) is 10.1. The maximum atomic E-state index is 2.44. The Labute approximate surface area is 266 Å². The van der Waals surface area contributed by atoms with Gasteiger partial charge in [0.15, 0.2) is 0 Å². The summed E-state index contributed by atoms with van der Waals surface area (Å²) in [6, 6.07) is 62.2. The van der Waals surface area contributed by atoms with Crippen molar-refractivity contribution in [3.05, 3.63) is 170 Å². The second-order valence-electron chi connectivity index (χ2n) is 11.7. The fourth-order valence-electron chi connectivity index (χ4n) is 7.04. The largest absolute Gasteiger partial charge is 0.135 e. The van der Waals surface area contributed by atoms with Crippen LogP contribution in [-0.2, 0) is 0 Å². The molecule has 0 saturated heterocycles. The SMILES string of the molecule is c1ccc(-c2cccc(-c3cc(-c4c5ccccc5c(-c5ccccc5)c5ccccc45)cc4c3sc3ccccc34)c2)cc1. The maximum Gasteiger partial charge on any atom is 0.0434 e. The zero-order valence-electron chi connectivity index (χ0n) is 24.6. The molecule has 0 aliphatic rings. The predicted octanol–water partition coefficient (Wildman–Crippen LogP) is 13.0. The van der Waals surface area contributed by atoms with Gasteiger partial charge in [0.25, 0.3) is 0 Å². The summed E-state index contributed by atoms with van der Waals surface area (Å²) in [5.74, 6) is 0. The molecule has 9 rings (SSSR count). The van der Waals surface area contributed by atoms with E-state index in [1.165, 1.54) is 86.2 Å². The lowest BCUT2D eigenvalue weighted by atomic mass is 9.85. The highest BCUT2D eigenvalue weighted by Gasteiger charge is 2.19. The molecule has 1 aromatic heterocycles. The summed E-state index contributed by atoms with van der Waals surface area (Å²) >= 11 is 1.90. The molecule has 0 saturated carbocycles. The third kappa shape index (κ3) is 4.28. The van der Waals surface area contributed by atoms with Crippen LogP contribution in [0.2, 0.25) is 0 Å². The van der Waals surface area contributed by atoms with Crippen molar-refractivity contribution in [3.8, 4) is 44.5 Å². The van der Waals surface area contributed by atoms with E-state index in [-0.39, 0.29) is 0 Å². The van der Waals surface area contributed by atoms with Gasteiger partial charge in [0.05, 0.1) is 0 Å². The molecule has 0 bridgehead atoms. The van der Waals surface area contributed by atoms with Gasteiger partial charge in [-0.1, -0.05) is 146 Å². The smallest absolute Gasteiger partial charge is 0.0434 e. The van der Waals surface area contributed by atoms with Gasteiger partial charge in [0, 0.05) is 25.7 Å². The van der Waals surface area contributed by atoms with Crippen molar-refractivity contribution in [2.24, 2.45) is 0 Å². The highest BCUT2D eigenvalue weighted by atomic mass is 32.1. The van der Waals surface area contributed by atoms with Crippen LogP contribution in [0, 0.1) is 0 Å². The van der Waals surface area contributed by atoms with Crippen molar-refractivity contribution in [1.29, 1.82) is 0 Å². The van der Waals surface area contributed by atoms with Gasteiger partial charge in [0.2, 0.25) is 0 Å². The molecule has 0 amide bonds. The zero-order chi connectivity index (χ0) is 29.7. The molecule has 8 aromatic carbocycles. The van der Waals surface area contributed by atoms with Crippen molar-refractivity contribution < 1.29 is 0 Å². The Bertz CT molecular complexity index is 2460. The van der Waals surface area contributed by atoms with E-state index < -0.39 is 0 Å². The molecule has 0 radical (unpaired) electrons. The monoisotopic (exact) mass is 588 g/mol. The first-order valence-corrected chi connectivity index (χ1v) is 16.3. The van der Waals surface area contributed by atoms with Crippen molar-refractivity contribution >= 4 is 53.1 Å². The molecule has 0 spiro atoms. The van der Waals surface area contributed by atoms with E-state index in [9.17, 15) is 0 Å². The fraction of sp³-hybridized carbons (Fsp3) is 0. The van der Waals surface area contributed by atoms with E-state index in [1.54, 1.807) is 0 Å². The number of hydrogen-bond acceptors (Lipinski definition) is 1. The average molecular weight is 589 g/mol. The highest BCUT2D eigenvalue weighted by molar-refractivity contribution is 7.26. The van der Waals surface area contributed by atoms with Crippen LogP contribution in [0.1, 0.15) is 0 Å². The van der Waals surface area contributed by atoms with E-state index in [1.807, 2.05) is 11.3 Å². The Balaban J connectivity index is 1.39. The Hall–Kier alpha value is -5.50. The molecule has 0 fully saturated rings. The summed E-state index contributed by atoms with van der Waals surface area (Å²) in [7, 11) is 0. The summed E-state index contributed by atoms with van der Waals surface area (Å²) in [5, 5.41) is 7.74. The van der Waals surface area contributed by atoms with Crippen LogP contribution >= 0.6 is 11.3 Å². The first-order valence-electron chi connectivity index (χ1n) is 15.4. The Morgan fingerprint density at radius 2 is 0.778 bits per heavy atom. The third-order valence-electron chi connectivity index (χ3n) is 9.04. The van der Waals surface area contributed by atoms with Gasteiger partial charge >= 0.3 is 0 Å². The number of thiophene rings is 1. The summed E-state index contributed by atoms with van der Waals surface area (Å²) < 4.78 is 2.65. The molecule has 0 atom stereocenters. The minimum absolute atomic E-state index is 1.23. The number of rotatable bonds is 4. The second-order valence-corrected chi connectivity index (χ2v) is 12.7. The molecule has 210 valence electrons. The van der Waals surface area contributed by atoms with Crippen LogP contribution in [0.4, 0.5) is 0 Å². The number of fused-ring (bicyclic) bond motifs is 5. The number of benzene rings is 8. The van der Waals surface area contributed by atoms with E-state index in [2.05, 4.69) is 170 Å². The minimum atomic E-state index is 1.23. The van der Waals surface area contributed by atoms with Gasteiger partial charge < -0.3 is 0 Å². The van der Waals surface area contributed by atoms with E-state index in [0.29, 0.717) is 0 Å². The molecule has 45 heavy (non-hydrogen) atoms.